The number of amides is 2. The lowest BCUT2D eigenvalue weighted by molar-refractivity contribution is -0.135. The Kier molecular flexibility index (Phi) is 9.26. The number of nitrogens with one attached hydrogen (secondary N) is 2. The number of ether oxygens (including phenoxy) is 1. The molecule has 3 aromatic rings. The Balaban J connectivity index is 0.00000204. The molecule has 4 rings (SSSR count). The van der Waals surface area contributed by atoms with Crippen molar-refractivity contribution >= 4 is 58.9 Å². The molecule has 6 N–H and O–H groups in total. The monoisotopic (exact) mass is 503 g/mol. The fourth-order valence-corrected chi connectivity index (χ4v) is 3.78. The van der Waals surface area contributed by atoms with Gasteiger partial charge in [-0.2, -0.15) is 0 Å². The third-order valence-electron chi connectivity index (χ3n) is 5.48. The van der Waals surface area contributed by atoms with Crippen molar-refractivity contribution in [3.8, 4) is 5.75 Å². The highest BCUT2D eigenvalue weighted by atomic mass is 35.5. The van der Waals surface area contributed by atoms with Crippen molar-refractivity contribution < 1.29 is 14.3 Å². The van der Waals surface area contributed by atoms with Crippen LogP contribution in [0.4, 0.5) is 5.69 Å². The molecule has 34 heavy (non-hydrogen) atoms. The average Bonchev–Trinajstić information content (AvgIpc) is 3.30. The van der Waals surface area contributed by atoms with Crippen LogP contribution in [0.15, 0.2) is 60.7 Å². The highest BCUT2D eigenvalue weighted by Crippen LogP contribution is 2.25. The van der Waals surface area contributed by atoms with Crippen LogP contribution in [0.2, 0.25) is 0 Å². The maximum absolute atomic E-state index is 12.6. The van der Waals surface area contributed by atoms with Gasteiger partial charge >= 0.3 is 11.8 Å². The first kappa shape index (κ1) is 26.9. The average molecular weight is 504 g/mol. The highest BCUT2D eigenvalue weighted by Gasteiger charge is 2.22. The number of hydrogen-bond acceptors (Lipinski definition) is 5. The number of amidine groups is 1. The van der Waals surface area contributed by atoms with Crippen molar-refractivity contribution in [2.45, 2.75) is 19.1 Å². The number of halogens is 2. The van der Waals surface area contributed by atoms with E-state index in [1.54, 1.807) is 30.3 Å². The maximum atomic E-state index is 12.6. The minimum absolute atomic E-state index is 0. The van der Waals surface area contributed by atoms with Crippen LogP contribution in [-0.4, -0.2) is 36.8 Å². The first-order valence-corrected chi connectivity index (χ1v) is 10.4. The summed E-state index contributed by atoms with van der Waals surface area (Å²) < 4.78 is 5.93. The number of primary amides is 1. The molecular formula is C24H27Cl2N5O3. The van der Waals surface area contributed by atoms with Crippen LogP contribution in [0.25, 0.3) is 10.8 Å². The molecule has 0 radical (unpaired) electrons. The van der Waals surface area contributed by atoms with E-state index in [4.69, 9.17) is 21.6 Å². The summed E-state index contributed by atoms with van der Waals surface area (Å²) in [6, 6.07) is 18.3. The third kappa shape index (κ3) is 6.17. The lowest BCUT2D eigenvalue weighted by Crippen LogP contribution is -2.40. The molecule has 1 aliphatic heterocycles. The zero-order valence-corrected chi connectivity index (χ0v) is 20.0. The lowest BCUT2D eigenvalue weighted by Gasteiger charge is -2.22. The van der Waals surface area contributed by atoms with Crippen LogP contribution in [-0.2, 0) is 16.1 Å². The molecule has 0 aliphatic carbocycles. The maximum Gasteiger partial charge on any atom is 0.316 e. The summed E-state index contributed by atoms with van der Waals surface area (Å²) >= 11 is 0. The van der Waals surface area contributed by atoms with Gasteiger partial charge in [0.1, 0.15) is 17.7 Å². The van der Waals surface area contributed by atoms with Crippen molar-refractivity contribution in [2.24, 2.45) is 11.5 Å². The van der Waals surface area contributed by atoms with E-state index in [1.165, 1.54) is 4.90 Å². The van der Waals surface area contributed by atoms with Gasteiger partial charge in [-0.1, -0.05) is 24.3 Å². The summed E-state index contributed by atoms with van der Waals surface area (Å²) in [4.78, 5) is 25.6. The van der Waals surface area contributed by atoms with Gasteiger partial charge in [-0.25, -0.2) is 0 Å². The lowest BCUT2D eigenvalue weighted by atomic mass is 10.0. The molecule has 0 saturated carbocycles. The van der Waals surface area contributed by atoms with E-state index in [0.717, 1.165) is 35.8 Å². The Hall–Kier alpha value is -3.33. The Bertz CT molecular complexity index is 1180. The minimum Gasteiger partial charge on any atom is -0.489 e. The van der Waals surface area contributed by atoms with Gasteiger partial charge in [-0.05, 0) is 65.7 Å². The highest BCUT2D eigenvalue weighted by molar-refractivity contribution is 6.39. The Morgan fingerprint density at radius 2 is 1.71 bits per heavy atom. The Labute approximate surface area is 210 Å². The largest absolute Gasteiger partial charge is 0.489 e. The van der Waals surface area contributed by atoms with Gasteiger partial charge in [0.15, 0.2) is 0 Å². The molecule has 1 aliphatic rings. The molecule has 1 heterocycles. The molecule has 3 aromatic carbocycles. The second kappa shape index (κ2) is 11.7. The van der Waals surface area contributed by atoms with Crippen LogP contribution in [0.3, 0.4) is 0 Å². The number of nitrogens with zero attached hydrogens (tertiary/aromatic N) is 1. The summed E-state index contributed by atoms with van der Waals surface area (Å²) in [6.07, 6.45) is 1.07. The van der Waals surface area contributed by atoms with E-state index in [-0.39, 0.29) is 43.3 Å². The number of fused-ring (bicyclic) bond motifs is 1. The van der Waals surface area contributed by atoms with Gasteiger partial charge in [0.2, 0.25) is 0 Å². The molecule has 1 saturated heterocycles. The van der Waals surface area contributed by atoms with Gasteiger partial charge in [0, 0.05) is 17.8 Å². The minimum atomic E-state index is -1.03. The van der Waals surface area contributed by atoms with Crippen LogP contribution < -0.4 is 26.4 Å². The van der Waals surface area contributed by atoms with Crippen LogP contribution >= 0.6 is 24.8 Å². The molecule has 180 valence electrons. The van der Waals surface area contributed by atoms with Gasteiger partial charge in [-0.3, -0.25) is 19.9 Å². The van der Waals surface area contributed by atoms with Gasteiger partial charge in [0.25, 0.3) is 0 Å². The number of hydrogen-bond donors (Lipinski definition) is 4. The van der Waals surface area contributed by atoms with E-state index in [9.17, 15) is 9.59 Å². The number of benzene rings is 3. The SMILES string of the molecule is Cl.Cl.N=C(N)c1ccc2ccc(CN(C(=O)C(N)=O)c3ccc(OC4CCNC4)cc3)cc2c1. The summed E-state index contributed by atoms with van der Waals surface area (Å²) in [5, 5.41) is 12.8. The van der Waals surface area contributed by atoms with Crippen molar-refractivity contribution in [3.05, 3.63) is 71.8 Å². The van der Waals surface area contributed by atoms with E-state index in [0.29, 0.717) is 17.0 Å². The summed E-state index contributed by atoms with van der Waals surface area (Å²) in [5.41, 5.74) is 12.9. The number of anilines is 1. The molecule has 1 unspecified atom stereocenters. The third-order valence-corrected chi connectivity index (χ3v) is 5.48. The number of carbonyl (C=O) groups is 2. The molecule has 0 bridgehead atoms. The fraction of sp³-hybridized carbons (Fsp3) is 0.208. The molecule has 0 spiro atoms. The van der Waals surface area contributed by atoms with E-state index in [2.05, 4.69) is 5.32 Å². The topological polar surface area (TPSA) is 135 Å². The van der Waals surface area contributed by atoms with Crippen molar-refractivity contribution in [2.75, 3.05) is 18.0 Å². The van der Waals surface area contributed by atoms with Crippen molar-refractivity contribution in [1.29, 1.82) is 5.41 Å². The second-order valence-corrected chi connectivity index (χ2v) is 7.79. The zero-order valence-electron chi connectivity index (χ0n) is 18.3. The van der Waals surface area contributed by atoms with Crippen molar-refractivity contribution in [1.82, 2.24) is 5.32 Å². The van der Waals surface area contributed by atoms with E-state index in [1.807, 2.05) is 30.3 Å². The van der Waals surface area contributed by atoms with Crippen molar-refractivity contribution in [3.63, 3.8) is 0 Å². The molecule has 1 atom stereocenters. The number of rotatable bonds is 6. The van der Waals surface area contributed by atoms with Gasteiger partial charge in [0.05, 0.1) is 6.54 Å². The van der Waals surface area contributed by atoms with E-state index >= 15 is 0 Å². The van der Waals surface area contributed by atoms with E-state index < -0.39 is 11.8 Å². The fourth-order valence-electron chi connectivity index (χ4n) is 3.78. The van der Waals surface area contributed by atoms with Gasteiger partial charge in [-0.15, -0.1) is 24.8 Å². The Morgan fingerprint density at radius 1 is 1.00 bits per heavy atom. The number of nitrogens with two attached hydrogens (primary N) is 2. The predicted octanol–water partition coefficient (Wildman–Crippen LogP) is 2.73. The second-order valence-electron chi connectivity index (χ2n) is 7.79. The Morgan fingerprint density at radius 3 is 2.32 bits per heavy atom. The van der Waals surface area contributed by atoms with Crippen LogP contribution in [0.5, 0.6) is 5.75 Å². The normalized spacial score (nSPS) is 14.5. The predicted molar refractivity (Wildman–Crippen MR) is 138 cm³/mol. The zero-order chi connectivity index (χ0) is 22.7. The first-order valence-electron chi connectivity index (χ1n) is 10.4. The molecule has 1 fully saturated rings. The molecular weight excluding hydrogens is 477 g/mol. The quantitative estimate of drug-likeness (QED) is 0.233. The molecule has 2 amide bonds. The number of nitrogen functional groups attached to an aromatic ring is 1. The standard InChI is InChI=1S/C24H25N5O3.2ClH/c25-22(26)17-4-3-16-2-1-15(11-18(16)12-17)14-29(24(31)23(27)30)19-5-7-20(8-6-19)32-21-9-10-28-13-21;;/h1-8,11-12,21,28H,9-10,13-14H2,(H3,25,26)(H2,27,30);2*1H. The molecule has 10 heteroatoms. The number of carbonyl (C=O) groups excluding carboxylic acids is 2. The summed E-state index contributed by atoms with van der Waals surface area (Å²) in [6.45, 7) is 1.90. The molecule has 8 nitrogen and oxygen atoms in total. The molecule has 0 aromatic heterocycles. The van der Waals surface area contributed by atoms with Gasteiger partial charge < -0.3 is 21.5 Å². The van der Waals surface area contributed by atoms with Crippen LogP contribution in [0.1, 0.15) is 17.5 Å². The van der Waals surface area contributed by atoms with Crippen LogP contribution in [0, 0.1) is 5.41 Å². The smallest absolute Gasteiger partial charge is 0.316 e. The summed E-state index contributed by atoms with van der Waals surface area (Å²) in [7, 11) is 0. The summed E-state index contributed by atoms with van der Waals surface area (Å²) in [5.74, 6) is -1.13. The first-order chi connectivity index (χ1) is 15.4.